The number of nitrogens with one attached hydrogen (secondary N) is 1. The minimum Gasteiger partial charge on any atom is -0.453 e. The van der Waals surface area contributed by atoms with Gasteiger partial charge in [-0.15, -0.1) is 0 Å². The van der Waals surface area contributed by atoms with Gasteiger partial charge in [0.1, 0.15) is 5.82 Å². The van der Waals surface area contributed by atoms with Crippen LogP contribution in [0.4, 0.5) is 10.1 Å². The van der Waals surface area contributed by atoms with Gasteiger partial charge in [0.25, 0.3) is 5.91 Å². The number of ether oxygens (including phenoxy) is 1. The van der Waals surface area contributed by atoms with Gasteiger partial charge in [-0.25, -0.2) is 4.39 Å². The number of hydrogen-bond donors (Lipinski definition) is 1. The molecule has 0 spiro atoms. The molecule has 1 heterocycles. The van der Waals surface area contributed by atoms with Crippen molar-refractivity contribution in [2.45, 2.75) is 52.1 Å². The van der Waals surface area contributed by atoms with Gasteiger partial charge in [0, 0.05) is 17.7 Å². The number of carbonyl (C=O) groups excluding carboxylic acids is 2. The summed E-state index contributed by atoms with van der Waals surface area (Å²) in [4.78, 5) is 28.6. The predicted molar refractivity (Wildman–Crippen MR) is 117 cm³/mol. The third kappa shape index (κ3) is 6.23. The van der Waals surface area contributed by atoms with E-state index in [1.807, 2.05) is 24.3 Å². The molecule has 0 bridgehead atoms. The van der Waals surface area contributed by atoms with Crippen LogP contribution in [-0.2, 0) is 26.2 Å². The Morgan fingerprint density at radius 2 is 1.75 bits per heavy atom. The van der Waals surface area contributed by atoms with E-state index >= 15 is 0 Å². The summed E-state index contributed by atoms with van der Waals surface area (Å²) in [6.07, 6.45) is -0.819. The van der Waals surface area contributed by atoms with Gasteiger partial charge in [-0.05, 0) is 54.3 Å². The van der Waals surface area contributed by atoms with Crippen molar-refractivity contribution in [3.63, 3.8) is 0 Å². The van der Waals surface area contributed by atoms with E-state index in [9.17, 15) is 14.0 Å². The summed E-state index contributed by atoms with van der Waals surface area (Å²) < 4.78 is 23.3. The van der Waals surface area contributed by atoms with Crippen molar-refractivity contribution >= 4 is 17.6 Å². The highest BCUT2D eigenvalue weighted by Gasteiger charge is 2.19. The molecule has 0 aliphatic rings. The van der Waals surface area contributed by atoms with Crippen molar-refractivity contribution < 1.29 is 23.2 Å². The molecule has 1 aromatic heterocycles. The van der Waals surface area contributed by atoms with E-state index in [1.165, 1.54) is 31.2 Å². The first-order valence-corrected chi connectivity index (χ1v) is 10.3. The Hall–Kier alpha value is -3.55. The fourth-order valence-corrected chi connectivity index (χ4v) is 2.89. The summed E-state index contributed by atoms with van der Waals surface area (Å²) in [5.74, 6) is -0.785. The van der Waals surface area contributed by atoms with Gasteiger partial charge >= 0.3 is 5.97 Å². The Morgan fingerprint density at radius 3 is 2.38 bits per heavy atom. The number of aryl methyl sites for hydroxylation is 1. The average Bonchev–Trinajstić information content (AvgIpc) is 3.21. The second-order valence-corrected chi connectivity index (χ2v) is 8.47. The number of anilines is 1. The molecule has 0 saturated carbocycles. The highest BCUT2D eigenvalue weighted by atomic mass is 19.1. The number of halogens is 1. The summed E-state index contributed by atoms with van der Waals surface area (Å²) in [7, 11) is 0. The van der Waals surface area contributed by atoms with Crippen LogP contribution >= 0.6 is 0 Å². The molecule has 0 fully saturated rings. The highest BCUT2D eigenvalue weighted by Crippen LogP contribution is 2.23. The second kappa shape index (κ2) is 9.72. The van der Waals surface area contributed by atoms with Gasteiger partial charge in [-0.2, -0.15) is 4.98 Å². The van der Waals surface area contributed by atoms with Crippen LogP contribution < -0.4 is 5.32 Å². The van der Waals surface area contributed by atoms with E-state index in [1.54, 1.807) is 0 Å². The van der Waals surface area contributed by atoms with Crippen molar-refractivity contribution in [3.8, 4) is 11.4 Å². The summed E-state index contributed by atoms with van der Waals surface area (Å²) in [6, 6.07) is 13.2. The lowest BCUT2D eigenvalue weighted by molar-refractivity contribution is -0.153. The van der Waals surface area contributed by atoms with Crippen LogP contribution in [0.5, 0.6) is 0 Å². The number of nitrogens with zero attached hydrogens (tertiary/aromatic N) is 2. The van der Waals surface area contributed by atoms with Crippen molar-refractivity contribution in [2.75, 3.05) is 5.32 Å². The Bertz CT molecular complexity index is 1070. The number of aromatic nitrogens is 2. The van der Waals surface area contributed by atoms with Gasteiger partial charge in [-0.3, -0.25) is 9.59 Å². The van der Waals surface area contributed by atoms with Crippen LogP contribution in [0.25, 0.3) is 11.4 Å². The molecule has 3 rings (SSSR count). The summed E-state index contributed by atoms with van der Waals surface area (Å²) in [5.41, 5.74) is 2.40. The van der Waals surface area contributed by atoms with E-state index in [0.29, 0.717) is 17.1 Å². The quantitative estimate of drug-likeness (QED) is 0.538. The van der Waals surface area contributed by atoms with Crippen molar-refractivity contribution in [2.24, 2.45) is 0 Å². The van der Waals surface area contributed by atoms with Gasteiger partial charge < -0.3 is 14.6 Å². The van der Waals surface area contributed by atoms with Gasteiger partial charge in [0.15, 0.2) is 6.10 Å². The molecule has 7 nitrogen and oxygen atoms in total. The number of carbonyl (C=O) groups is 2. The number of esters is 1. The molecule has 2 aromatic carbocycles. The van der Waals surface area contributed by atoms with E-state index in [-0.39, 0.29) is 30.0 Å². The van der Waals surface area contributed by atoms with Crippen LogP contribution in [-0.4, -0.2) is 28.1 Å². The lowest BCUT2D eigenvalue weighted by atomic mass is 9.87. The van der Waals surface area contributed by atoms with Crippen LogP contribution in [0.3, 0.4) is 0 Å². The molecule has 1 atom stereocenters. The van der Waals surface area contributed by atoms with Crippen molar-refractivity contribution in [1.82, 2.24) is 10.1 Å². The third-order valence-corrected chi connectivity index (χ3v) is 4.81. The minimum absolute atomic E-state index is 0.0174. The fraction of sp³-hybridized carbons (Fsp3) is 0.333. The molecular weight excluding hydrogens is 413 g/mol. The molecular formula is C24H26FN3O4. The van der Waals surface area contributed by atoms with Crippen molar-refractivity contribution in [1.29, 1.82) is 0 Å². The maximum Gasteiger partial charge on any atom is 0.307 e. The molecule has 0 saturated heterocycles. The number of rotatable bonds is 7. The number of hydrogen-bond acceptors (Lipinski definition) is 6. The summed E-state index contributed by atoms with van der Waals surface area (Å²) in [6.45, 7) is 7.84. The molecule has 3 aromatic rings. The maximum absolute atomic E-state index is 13.0. The molecule has 168 valence electrons. The zero-order chi connectivity index (χ0) is 23.3. The van der Waals surface area contributed by atoms with Gasteiger partial charge in [0.05, 0.1) is 6.42 Å². The minimum atomic E-state index is -0.956. The Kier molecular flexibility index (Phi) is 7.02. The number of benzene rings is 2. The molecule has 1 unspecified atom stereocenters. The molecule has 1 N–H and O–H groups in total. The lowest BCUT2D eigenvalue weighted by Crippen LogP contribution is -2.30. The Morgan fingerprint density at radius 1 is 1.09 bits per heavy atom. The third-order valence-electron chi connectivity index (χ3n) is 4.81. The molecule has 32 heavy (non-hydrogen) atoms. The topological polar surface area (TPSA) is 94.3 Å². The average molecular weight is 439 g/mol. The smallest absolute Gasteiger partial charge is 0.307 e. The molecule has 1 amide bonds. The lowest BCUT2D eigenvalue weighted by Gasteiger charge is -2.19. The number of amides is 1. The van der Waals surface area contributed by atoms with E-state index in [2.05, 4.69) is 36.2 Å². The Labute approximate surface area is 186 Å². The van der Waals surface area contributed by atoms with Crippen molar-refractivity contribution in [3.05, 3.63) is 65.8 Å². The monoisotopic (exact) mass is 439 g/mol. The first-order chi connectivity index (χ1) is 15.1. The largest absolute Gasteiger partial charge is 0.453 e. The van der Waals surface area contributed by atoms with Crippen LogP contribution in [0.15, 0.2) is 53.1 Å². The first kappa shape index (κ1) is 23.1. The summed E-state index contributed by atoms with van der Waals surface area (Å²) >= 11 is 0. The zero-order valence-electron chi connectivity index (χ0n) is 18.5. The van der Waals surface area contributed by atoms with Gasteiger partial charge in [-0.1, -0.05) is 38.1 Å². The van der Waals surface area contributed by atoms with Crippen LogP contribution in [0, 0.1) is 5.82 Å². The van der Waals surface area contributed by atoms with Gasteiger partial charge in [0.2, 0.25) is 11.7 Å². The van der Waals surface area contributed by atoms with E-state index < -0.39 is 18.0 Å². The molecule has 0 radical (unpaired) electrons. The molecule has 0 aliphatic carbocycles. The highest BCUT2D eigenvalue weighted by molar-refractivity contribution is 5.95. The van der Waals surface area contributed by atoms with Crippen LogP contribution in [0.1, 0.15) is 45.6 Å². The second-order valence-electron chi connectivity index (χ2n) is 8.47. The first-order valence-electron chi connectivity index (χ1n) is 10.3. The van der Waals surface area contributed by atoms with Crippen LogP contribution in [0.2, 0.25) is 0 Å². The maximum atomic E-state index is 13.0. The SMILES string of the molecule is CC(OC(=O)CCc1nc(-c2ccc(F)cc2)no1)C(=O)Nc1ccc(C(C)(C)C)cc1. The van der Waals surface area contributed by atoms with E-state index in [0.717, 1.165) is 5.56 Å². The molecule has 8 heteroatoms. The fourth-order valence-electron chi connectivity index (χ4n) is 2.89. The summed E-state index contributed by atoms with van der Waals surface area (Å²) in [5, 5.41) is 6.57. The normalized spacial score (nSPS) is 12.3. The Balaban J connectivity index is 1.47. The standard InChI is InChI=1S/C24H26FN3O4/c1-15(23(30)26-19-11-7-17(8-12-19)24(2,3)4)31-21(29)14-13-20-27-22(28-32-20)16-5-9-18(25)10-6-16/h5-12,15H,13-14H2,1-4H3,(H,26,30). The predicted octanol–water partition coefficient (Wildman–Crippen LogP) is 4.68. The molecule has 0 aliphatic heterocycles. The van der Waals surface area contributed by atoms with E-state index in [4.69, 9.17) is 9.26 Å². The zero-order valence-corrected chi connectivity index (χ0v) is 18.5.